The lowest BCUT2D eigenvalue weighted by Crippen LogP contribution is -2.57. The van der Waals surface area contributed by atoms with E-state index in [1.54, 1.807) is 11.8 Å². The SMILES string of the molecule is Cc1ccc(Sc2ccc(CN3CCN[C@H](C(=O)NC4CC4)C3)o2)cc1. The number of carbonyl (C=O) groups is 1. The van der Waals surface area contributed by atoms with Crippen molar-refractivity contribution in [2.75, 3.05) is 19.6 Å². The molecule has 2 fully saturated rings. The number of nitrogens with one attached hydrogen (secondary N) is 2. The monoisotopic (exact) mass is 371 g/mol. The number of aryl methyl sites for hydroxylation is 1. The van der Waals surface area contributed by atoms with E-state index in [0.29, 0.717) is 6.04 Å². The molecule has 2 heterocycles. The zero-order valence-corrected chi connectivity index (χ0v) is 15.8. The number of amides is 1. The van der Waals surface area contributed by atoms with Gasteiger partial charge in [-0.25, -0.2) is 0 Å². The van der Waals surface area contributed by atoms with Crippen LogP contribution >= 0.6 is 11.8 Å². The molecule has 2 N–H and O–H groups in total. The summed E-state index contributed by atoms with van der Waals surface area (Å²) in [6, 6.07) is 12.8. The van der Waals surface area contributed by atoms with Crippen molar-refractivity contribution in [2.24, 2.45) is 0 Å². The number of piperazine rings is 1. The molecule has 1 amide bonds. The fourth-order valence-corrected chi connectivity index (χ4v) is 3.89. The Morgan fingerprint density at radius 3 is 2.85 bits per heavy atom. The van der Waals surface area contributed by atoms with Gasteiger partial charge in [-0.2, -0.15) is 0 Å². The van der Waals surface area contributed by atoms with Gasteiger partial charge in [-0.1, -0.05) is 29.5 Å². The maximum atomic E-state index is 12.3. The molecule has 2 aliphatic rings. The Hall–Kier alpha value is -1.76. The highest BCUT2D eigenvalue weighted by Crippen LogP contribution is 2.29. The number of nitrogens with zero attached hydrogens (tertiary/aromatic N) is 1. The van der Waals surface area contributed by atoms with Crippen LogP contribution in [0, 0.1) is 6.92 Å². The third-order valence-corrected chi connectivity index (χ3v) is 5.68. The Morgan fingerprint density at radius 2 is 2.08 bits per heavy atom. The van der Waals surface area contributed by atoms with E-state index in [0.717, 1.165) is 49.9 Å². The topological polar surface area (TPSA) is 57.5 Å². The van der Waals surface area contributed by atoms with Crippen molar-refractivity contribution in [3.05, 3.63) is 47.7 Å². The van der Waals surface area contributed by atoms with Gasteiger partial charge in [0.25, 0.3) is 0 Å². The molecular formula is C20H25N3O2S. The first-order valence-electron chi connectivity index (χ1n) is 9.25. The van der Waals surface area contributed by atoms with Crippen molar-refractivity contribution in [3.63, 3.8) is 0 Å². The lowest BCUT2D eigenvalue weighted by Gasteiger charge is -2.32. The van der Waals surface area contributed by atoms with Gasteiger partial charge >= 0.3 is 0 Å². The van der Waals surface area contributed by atoms with Gasteiger partial charge in [0.15, 0.2) is 5.09 Å². The average Bonchev–Trinajstić information content (AvgIpc) is 3.35. The second-order valence-corrected chi connectivity index (χ2v) is 8.24. The van der Waals surface area contributed by atoms with Crippen LogP contribution in [0.5, 0.6) is 0 Å². The van der Waals surface area contributed by atoms with Gasteiger partial charge in [0, 0.05) is 30.6 Å². The zero-order valence-electron chi connectivity index (χ0n) is 15.0. The summed E-state index contributed by atoms with van der Waals surface area (Å²) >= 11 is 1.64. The first kappa shape index (κ1) is 17.6. The van der Waals surface area contributed by atoms with Gasteiger partial charge in [-0.3, -0.25) is 9.69 Å². The van der Waals surface area contributed by atoms with Crippen molar-refractivity contribution >= 4 is 17.7 Å². The molecule has 1 aliphatic carbocycles. The predicted octanol–water partition coefficient (Wildman–Crippen LogP) is 2.79. The molecule has 1 saturated heterocycles. The standard InChI is InChI=1S/C20H25N3O2S/c1-14-2-7-17(8-3-14)26-19-9-6-16(25-19)12-23-11-10-21-18(13-23)20(24)22-15-4-5-15/h2-3,6-9,15,18,21H,4-5,10-13H2,1H3,(H,22,24)/t18-/m0/s1. The van der Waals surface area contributed by atoms with E-state index >= 15 is 0 Å². The van der Waals surface area contributed by atoms with E-state index in [4.69, 9.17) is 4.42 Å². The molecule has 1 aromatic heterocycles. The fraction of sp³-hybridized carbons (Fsp3) is 0.450. The summed E-state index contributed by atoms with van der Waals surface area (Å²) in [7, 11) is 0. The summed E-state index contributed by atoms with van der Waals surface area (Å²) in [6.07, 6.45) is 2.24. The third kappa shape index (κ3) is 4.69. The molecule has 138 valence electrons. The summed E-state index contributed by atoms with van der Waals surface area (Å²) in [5, 5.41) is 7.31. The van der Waals surface area contributed by atoms with E-state index in [2.05, 4.69) is 46.7 Å². The van der Waals surface area contributed by atoms with Gasteiger partial charge in [0.2, 0.25) is 5.91 Å². The molecule has 6 heteroatoms. The Morgan fingerprint density at radius 1 is 1.27 bits per heavy atom. The first-order valence-corrected chi connectivity index (χ1v) is 10.1. The molecule has 4 rings (SSSR count). The largest absolute Gasteiger partial charge is 0.453 e. The number of rotatable bonds is 6. The summed E-state index contributed by atoms with van der Waals surface area (Å²) in [6.45, 7) is 5.30. The van der Waals surface area contributed by atoms with Crippen LogP contribution in [0.1, 0.15) is 24.2 Å². The van der Waals surface area contributed by atoms with Crippen LogP contribution in [0.15, 0.2) is 50.8 Å². The average molecular weight is 372 g/mol. The summed E-state index contributed by atoms with van der Waals surface area (Å²) in [5.41, 5.74) is 1.26. The quantitative estimate of drug-likeness (QED) is 0.818. The second kappa shape index (κ2) is 7.86. The van der Waals surface area contributed by atoms with Gasteiger partial charge < -0.3 is 15.1 Å². The molecular weight excluding hydrogens is 346 g/mol. The highest BCUT2D eigenvalue weighted by atomic mass is 32.2. The Kier molecular flexibility index (Phi) is 5.33. The van der Waals surface area contributed by atoms with Crippen LogP contribution in [-0.2, 0) is 11.3 Å². The van der Waals surface area contributed by atoms with E-state index in [-0.39, 0.29) is 11.9 Å². The number of benzene rings is 1. The van der Waals surface area contributed by atoms with E-state index < -0.39 is 0 Å². The highest BCUT2D eigenvalue weighted by Gasteiger charge is 2.30. The summed E-state index contributed by atoms with van der Waals surface area (Å²) in [4.78, 5) is 15.7. The number of carbonyl (C=O) groups excluding carboxylic acids is 1. The van der Waals surface area contributed by atoms with Crippen molar-refractivity contribution in [1.82, 2.24) is 15.5 Å². The van der Waals surface area contributed by atoms with Crippen LogP contribution in [-0.4, -0.2) is 42.5 Å². The molecule has 0 unspecified atom stereocenters. The van der Waals surface area contributed by atoms with Gasteiger partial charge in [-0.15, -0.1) is 0 Å². The van der Waals surface area contributed by atoms with Crippen molar-refractivity contribution in [1.29, 1.82) is 0 Å². The molecule has 1 aliphatic heterocycles. The van der Waals surface area contributed by atoms with Gasteiger partial charge in [0.1, 0.15) is 5.76 Å². The minimum absolute atomic E-state index is 0.124. The minimum Gasteiger partial charge on any atom is -0.453 e. The third-order valence-electron chi connectivity index (χ3n) is 4.76. The van der Waals surface area contributed by atoms with Crippen LogP contribution in [0.3, 0.4) is 0 Å². The predicted molar refractivity (Wildman–Crippen MR) is 102 cm³/mol. The smallest absolute Gasteiger partial charge is 0.238 e. The second-order valence-electron chi connectivity index (χ2n) is 7.16. The lowest BCUT2D eigenvalue weighted by molar-refractivity contribution is -0.124. The van der Waals surface area contributed by atoms with Crippen LogP contribution in [0.25, 0.3) is 0 Å². The van der Waals surface area contributed by atoms with Crippen LogP contribution in [0.2, 0.25) is 0 Å². The normalized spacial score (nSPS) is 20.9. The molecule has 1 saturated carbocycles. The molecule has 0 bridgehead atoms. The molecule has 0 radical (unpaired) electrons. The lowest BCUT2D eigenvalue weighted by atomic mass is 10.2. The fourth-order valence-electron chi connectivity index (χ4n) is 3.10. The van der Waals surface area contributed by atoms with Gasteiger partial charge in [0.05, 0.1) is 12.6 Å². The van der Waals surface area contributed by atoms with Crippen molar-refractivity contribution in [2.45, 2.75) is 48.4 Å². The molecule has 1 aromatic carbocycles. The minimum atomic E-state index is -0.124. The first-order chi connectivity index (χ1) is 12.7. The summed E-state index contributed by atoms with van der Waals surface area (Å²) in [5.74, 6) is 1.08. The zero-order chi connectivity index (χ0) is 17.9. The highest BCUT2D eigenvalue weighted by molar-refractivity contribution is 7.99. The van der Waals surface area contributed by atoms with E-state index in [9.17, 15) is 4.79 Å². The maximum absolute atomic E-state index is 12.3. The number of hydrogen-bond donors (Lipinski definition) is 2. The molecule has 5 nitrogen and oxygen atoms in total. The Bertz CT molecular complexity index is 755. The van der Waals surface area contributed by atoms with Gasteiger partial charge in [-0.05, 0) is 44.0 Å². The Labute approximate surface area is 158 Å². The molecule has 26 heavy (non-hydrogen) atoms. The maximum Gasteiger partial charge on any atom is 0.238 e. The summed E-state index contributed by atoms with van der Waals surface area (Å²) < 4.78 is 5.99. The van der Waals surface area contributed by atoms with Crippen molar-refractivity contribution < 1.29 is 9.21 Å². The Balaban J connectivity index is 1.31. The van der Waals surface area contributed by atoms with Crippen molar-refractivity contribution in [3.8, 4) is 0 Å². The molecule has 2 aromatic rings. The molecule has 1 atom stereocenters. The number of hydrogen-bond acceptors (Lipinski definition) is 5. The van der Waals surface area contributed by atoms with E-state index in [1.165, 1.54) is 10.5 Å². The van der Waals surface area contributed by atoms with Crippen LogP contribution in [0.4, 0.5) is 0 Å². The molecule has 0 spiro atoms. The van der Waals surface area contributed by atoms with Crippen LogP contribution < -0.4 is 10.6 Å². The number of furan rings is 1. The van der Waals surface area contributed by atoms with E-state index in [1.807, 2.05) is 12.1 Å².